The van der Waals surface area contributed by atoms with Gasteiger partial charge in [-0.1, -0.05) is 0 Å². The standard InChI is InChI=1S/C6H7.C5H5.CH2.Zn/c1-6-4-2-3-5-6;1-2-4-5-3-1;;/h4-5H,2H2,1H3;1-3H,4H2;1H2;. The predicted molar refractivity (Wildman–Crippen MR) is 55.4 cm³/mol. The molecule has 2 aliphatic rings. The van der Waals surface area contributed by atoms with Crippen LogP contribution in [0.1, 0.15) is 19.8 Å². The van der Waals surface area contributed by atoms with Gasteiger partial charge < -0.3 is 0 Å². The summed E-state index contributed by atoms with van der Waals surface area (Å²) >= 11 is -1.68. The molecule has 0 amide bonds. The second kappa shape index (κ2) is 3.68. The molecule has 0 nitrogen and oxygen atoms in total. The van der Waals surface area contributed by atoms with Crippen molar-refractivity contribution in [1.29, 1.82) is 0 Å². The fourth-order valence-electron chi connectivity index (χ4n) is 2.13. The molecule has 0 unspecified atom stereocenters. The van der Waals surface area contributed by atoms with E-state index in [1.165, 1.54) is 18.4 Å². The van der Waals surface area contributed by atoms with Gasteiger partial charge in [0, 0.05) is 0 Å². The van der Waals surface area contributed by atoms with E-state index in [9.17, 15) is 0 Å². The van der Waals surface area contributed by atoms with Crippen molar-refractivity contribution in [3.05, 3.63) is 44.3 Å². The molecular formula is C12H14Zn. The Morgan fingerprint density at radius 1 is 1.31 bits per heavy atom. The van der Waals surface area contributed by atoms with Crippen LogP contribution in [0.15, 0.2) is 44.3 Å². The molecule has 0 saturated heterocycles. The molecule has 64 valence electrons. The maximum absolute atomic E-state index is 4.43. The molecular weight excluding hydrogens is 210 g/mol. The number of allylic oxidation sites excluding steroid dienone is 8. The molecule has 0 aromatic rings. The van der Waals surface area contributed by atoms with E-state index in [4.69, 9.17) is 0 Å². The second-order valence-electron chi connectivity index (χ2n) is 4.09. The number of rotatable bonds is 2. The van der Waals surface area contributed by atoms with Crippen LogP contribution >= 0.6 is 0 Å². The van der Waals surface area contributed by atoms with Gasteiger partial charge in [-0.15, -0.1) is 0 Å². The molecule has 0 atom stereocenters. The van der Waals surface area contributed by atoms with Crippen molar-refractivity contribution >= 4 is 5.11 Å². The number of hydrogen-bond acceptors (Lipinski definition) is 0. The van der Waals surface area contributed by atoms with E-state index < -0.39 is 15.5 Å². The molecule has 0 fully saturated rings. The van der Waals surface area contributed by atoms with Gasteiger partial charge in [0.15, 0.2) is 0 Å². The molecule has 13 heavy (non-hydrogen) atoms. The Balaban J connectivity index is 2.12. The molecule has 0 N–H and O–H groups in total. The summed E-state index contributed by atoms with van der Waals surface area (Å²) in [6, 6.07) is 0. The zero-order chi connectivity index (χ0) is 9.26. The molecule has 0 bridgehead atoms. The quantitative estimate of drug-likeness (QED) is 0.631. The van der Waals surface area contributed by atoms with E-state index >= 15 is 0 Å². The van der Waals surface area contributed by atoms with E-state index in [0.29, 0.717) is 0 Å². The first-order chi connectivity index (χ1) is 6.27. The first-order valence-corrected chi connectivity index (χ1v) is 10.1. The van der Waals surface area contributed by atoms with Gasteiger partial charge in [-0.2, -0.15) is 0 Å². The van der Waals surface area contributed by atoms with Crippen LogP contribution in [0.4, 0.5) is 0 Å². The van der Waals surface area contributed by atoms with Crippen molar-refractivity contribution in [3.8, 4) is 0 Å². The van der Waals surface area contributed by atoms with Crippen molar-refractivity contribution < 1.29 is 15.5 Å². The third kappa shape index (κ3) is 1.86. The van der Waals surface area contributed by atoms with E-state index in [1.807, 2.05) is 0 Å². The Bertz CT molecular complexity index is 365. The summed E-state index contributed by atoms with van der Waals surface area (Å²) in [5.41, 5.74) is 1.44. The summed E-state index contributed by atoms with van der Waals surface area (Å²) in [6.45, 7) is 2.19. The molecule has 0 aromatic carbocycles. The fourth-order valence-corrected chi connectivity index (χ4v) is 7.54. The van der Waals surface area contributed by atoms with Crippen LogP contribution in [0.3, 0.4) is 0 Å². The van der Waals surface area contributed by atoms with Crippen LogP contribution < -0.4 is 0 Å². The first kappa shape index (κ1) is 9.03. The van der Waals surface area contributed by atoms with Crippen LogP contribution in [0.2, 0.25) is 0 Å². The summed E-state index contributed by atoms with van der Waals surface area (Å²) in [5, 5.41) is 4.43. The van der Waals surface area contributed by atoms with Gasteiger partial charge in [-0.25, -0.2) is 0 Å². The number of hydrogen-bond donors (Lipinski definition) is 0. The fraction of sp³-hybridized carbons (Fsp3) is 0.250. The van der Waals surface area contributed by atoms with Gasteiger partial charge in [0.05, 0.1) is 0 Å². The summed E-state index contributed by atoms with van der Waals surface area (Å²) in [7, 11) is 0. The predicted octanol–water partition coefficient (Wildman–Crippen LogP) is 3.11. The molecule has 0 aliphatic heterocycles. The SMILES string of the molecule is [CH2]=[Zn]([C]1=CC=CC1)[C]1=CC(C)=CC1. The van der Waals surface area contributed by atoms with Crippen LogP contribution in [0.5, 0.6) is 0 Å². The average molecular weight is 224 g/mol. The molecule has 0 spiro atoms. The van der Waals surface area contributed by atoms with Gasteiger partial charge in [-0.05, 0) is 0 Å². The van der Waals surface area contributed by atoms with Crippen LogP contribution in [0, 0.1) is 0 Å². The van der Waals surface area contributed by atoms with Crippen molar-refractivity contribution in [3.63, 3.8) is 0 Å². The Morgan fingerprint density at radius 2 is 2.15 bits per heavy atom. The maximum atomic E-state index is 4.43. The van der Waals surface area contributed by atoms with E-state index in [0.717, 1.165) is 0 Å². The minimum absolute atomic E-state index is 1.18. The topological polar surface area (TPSA) is 0 Å². The summed E-state index contributed by atoms with van der Waals surface area (Å²) < 4.78 is 3.34. The Labute approximate surface area is 84.8 Å². The Hall–Kier alpha value is -0.547. The van der Waals surface area contributed by atoms with Crippen LogP contribution in [-0.2, 0) is 15.5 Å². The zero-order valence-corrected chi connectivity index (χ0v) is 11.2. The van der Waals surface area contributed by atoms with E-state index in [2.05, 4.69) is 42.4 Å². The molecule has 2 rings (SSSR count). The Morgan fingerprint density at radius 3 is 2.69 bits per heavy atom. The van der Waals surface area contributed by atoms with Crippen LogP contribution in [0.25, 0.3) is 0 Å². The van der Waals surface area contributed by atoms with Gasteiger partial charge in [0.25, 0.3) is 0 Å². The van der Waals surface area contributed by atoms with Crippen molar-refractivity contribution in [2.75, 3.05) is 0 Å². The summed E-state index contributed by atoms with van der Waals surface area (Å²) in [6.07, 6.45) is 13.8. The second-order valence-corrected chi connectivity index (χ2v) is 10.7. The zero-order valence-electron chi connectivity index (χ0n) is 8.22. The summed E-state index contributed by atoms with van der Waals surface area (Å²) in [5.74, 6) is 0. The Kier molecular flexibility index (Phi) is 2.55. The van der Waals surface area contributed by atoms with Crippen molar-refractivity contribution in [2.24, 2.45) is 0 Å². The third-order valence-electron chi connectivity index (χ3n) is 3.06. The summed E-state index contributed by atoms with van der Waals surface area (Å²) in [4.78, 5) is 0. The van der Waals surface area contributed by atoms with E-state index in [-0.39, 0.29) is 0 Å². The molecule has 0 aromatic heterocycles. The minimum atomic E-state index is -1.68. The van der Waals surface area contributed by atoms with Crippen molar-refractivity contribution in [2.45, 2.75) is 19.8 Å². The van der Waals surface area contributed by atoms with Gasteiger partial charge in [-0.3, -0.25) is 0 Å². The third-order valence-corrected chi connectivity index (χ3v) is 9.80. The molecule has 0 radical (unpaired) electrons. The monoisotopic (exact) mass is 222 g/mol. The molecule has 1 heteroatoms. The normalized spacial score (nSPS) is 19.2. The van der Waals surface area contributed by atoms with Crippen molar-refractivity contribution in [1.82, 2.24) is 0 Å². The van der Waals surface area contributed by atoms with Gasteiger partial charge in [0.2, 0.25) is 0 Å². The molecule has 0 saturated carbocycles. The molecule has 0 heterocycles. The van der Waals surface area contributed by atoms with Crippen LogP contribution in [-0.4, -0.2) is 5.11 Å². The first-order valence-electron chi connectivity index (χ1n) is 5.05. The van der Waals surface area contributed by atoms with Gasteiger partial charge in [0.1, 0.15) is 0 Å². The van der Waals surface area contributed by atoms with Gasteiger partial charge >= 0.3 is 84.7 Å². The van der Waals surface area contributed by atoms with E-state index in [1.54, 1.807) is 8.33 Å². The molecule has 2 aliphatic carbocycles. The average Bonchev–Trinajstić information content (AvgIpc) is 2.72.